The Bertz CT molecular complexity index is 492. The molecule has 1 aromatic rings. The number of halogens is 1. The molecule has 1 fully saturated rings. The van der Waals surface area contributed by atoms with E-state index in [9.17, 15) is 19.1 Å². The Labute approximate surface area is 103 Å². The highest BCUT2D eigenvalue weighted by molar-refractivity contribution is 5.86. The molecule has 1 aliphatic rings. The number of amides is 1. The number of rotatable bonds is 3. The fourth-order valence-electron chi connectivity index (χ4n) is 2.14. The third kappa shape index (κ3) is 2.33. The number of nitrogens with zero attached hydrogens (tertiary/aromatic N) is 1. The number of hydrogen-bond donors (Lipinski definition) is 2. The van der Waals surface area contributed by atoms with Crippen LogP contribution in [0.5, 0.6) is 0 Å². The number of carboxylic acid groups (broad SMARTS) is 1. The lowest BCUT2D eigenvalue weighted by Gasteiger charge is -2.24. The van der Waals surface area contributed by atoms with Crippen LogP contribution >= 0.6 is 0 Å². The molecule has 1 amide bonds. The van der Waals surface area contributed by atoms with E-state index in [1.807, 2.05) is 0 Å². The van der Waals surface area contributed by atoms with E-state index in [4.69, 9.17) is 5.73 Å². The Balaban J connectivity index is 2.35. The second-order valence-corrected chi connectivity index (χ2v) is 4.31. The van der Waals surface area contributed by atoms with Crippen molar-refractivity contribution >= 4 is 11.9 Å². The molecule has 2 atom stereocenters. The van der Waals surface area contributed by atoms with Gasteiger partial charge in [0.05, 0.1) is 0 Å². The van der Waals surface area contributed by atoms with Gasteiger partial charge in [-0.1, -0.05) is 12.1 Å². The van der Waals surface area contributed by atoms with Crippen LogP contribution < -0.4 is 5.73 Å². The van der Waals surface area contributed by atoms with Crippen LogP contribution in [-0.2, 0) is 9.59 Å². The summed E-state index contributed by atoms with van der Waals surface area (Å²) in [6.07, 6.45) is 0.124. The van der Waals surface area contributed by atoms with Gasteiger partial charge in [-0.05, 0) is 17.7 Å². The van der Waals surface area contributed by atoms with Crippen LogP contribution in [0.15, 0.2) is 24.3 Å². The van der Waals surface area contributed by atoms with E-state index in [2.05, 4.69) is 0 Å². The highest BCUT2D eigenvalue weighted by Crippen LogP contribution is 2.26. The van der Waals surface area contributed by atoms with Gasteiger partial charge in [-0.2, -0.15) is 0 Å². The van der Waals surface area contributed by atoms with Gasteiger partial charge < -0.3 is 15.7 Å². The van der Waals surface area contributed by atoms with Crippen LogP contribution in [0.2, 0.25) is 0 Å². The molecule has 0 bridgehead atoms. The van der Waals surface area contributed by atoms with Gasteiger partial charge in [-0.15, -0.1) is 0 Å². The maximum absolute atomic E-state index is 13.1. The second kappa shape index (κ2) is 4.73. The number of carbonyl (C=O) groups is 2. The number of hydrogen-bond acceptors (Lipinski definition) is 3. The summed E-state index contributed by atoms with van der Waals surface area (Å²) in [5.41, 5.74) is 5.87. The standard InChI is InChI=1S/C12H13FN2O3/c13-8-3-1-2-7(4-8)11(12(17)18)15-6-9(14)5-10(15)16/h1-4,9,11H,5-6,14H2,(H,17,18). The summed E-state index contributed by atoms with van der Waals surface area (Å²) in [5.74, 6) is -2.04. The van der Waals surface area contributed by atoms with Crippen LogP contribution in [0.3, 0.4) is 0 Å². The van der Waals surface area contributed by atoms with Crippen LogP contribution in [0.25, 0.3) is 0 Å². The van der Waals surface area contributed by atoms with Gasteiger partial charge in [0.15, 0.2) is 6.04 Å². The van der Waals surface area contributed by atoms with Crippen molar-refractivity contribution in [3.05, 3.63) is 35.6 Å². The summed E-state index contributed by atoms with van der Waals surface area (Å²) in [7, 11) is 0. The molecule has 1 heterocycles. The van der Waals surface area contributed by atoms with Gasteiger partial charge in [-0.3, -0.25) is 4.79 Å². The topological polar surface area (TPSA) is 83.6 Å². The van der Waals surface area contributed by atoms with Crippen LogP contribution in [0, 0.1) is 5.82 Å². The smallest absolute Gasteiger partial charge is 0.331 e. The third-order valence-electron chi connectivity index (χ3n) is 2.90. The Kier molecular flexibility index (Phi) is 3.29. The SMILES string of the molecule is NC1CC(=O)N(C(C(=O)O)c2cccc(F)c2)C1. The molecule has 3 N–H and O–H groups in total. The molecule has 18 heavy (non-hydrogen) atoms. The van der Waals surface area contributed by atoms with Gasteiger partial charge in [0.2, 0.25) is 5.91 Å². The van der Waals surface area contributed by atoms with E-state index in [0.717, 1.165) is 6.07 Å². The van der Waals surface area contributed by atoms with Crippen LogP contribution in [0.1, 0.15) is 18.0 Å². The highest BCUT2D eigenvalue weighted by Gasteiger charge is 2.37. The Morgan fingerprint density at radius 1 is 1.56 bits per heavy atom. The molecule has 0 spiro atoms. The zero-order valence-electron chi connectivity index (χ0n) is 9.54. The zero-order valence-corrected chi connectivity index (χ0v) is 9.54. The first-order valence-electron chi connectivity index (χ1n) is 5.52. The van der Waals surface area contributed by atoms with Gasteiger partial charge in [0.1, 0.15) is 5.82 Å². The van der Waals surface area contributed by atoms with Crippen LogP contribution in [0.4, 0.5) is 4.39 Å². The lowest BCUT2D eigenvalue weighted by molar-refractivity contribution is -0.148. The number of aliphatic carboxylic acids is 1. The quantitative estimate of drug-likeness (QED) is 0.821. The monoisotopic (exact) mass is 252 g/mol. The maximum Gasteiger partial charge on any atom is 0.331 e. The van der Waals surface area contributed by atoms with E-state index in [1.54, 1.807) is 0 Å². The minimum atomic E-state index is -1.19. The van der Waals surface area contributed by atoms with Crippen molar-refractivity contribution in [1.82, 2.24) is 4.90 Å². The molecule has 1 saturated heterocycles. The molecule has 96 valence electrons. The van der Waals surface area contributed by atoms with Gasteiger partial charge in [0.25, 0.3) is 0 Å². The molecular formula is C12H13FN2O3. The van der Waals surface area contributed by atoms with Crippen molar-refractivity contribution in [2.75, 3.05) is 6.54 Å². The number of benzene rings is 1. The summed E-state index contributed by atoms with van der Waals surface area (Å²) >= 11 is 0. The van der Waals surface area contributed by atoms with E-state index in [1.165, 1.54) is 23.1 Å². The number of carbonyl (C=O) groups excluding carboxylic acids is 1. The van der Waals surface area contributed by atoms with Crippen molar-refractivity contribution in [3.63, 3.8) is 0 Å². The molecule has 0 radical (unpaired) electrons. The average Bonchev–Trinajstić information content (AvgIpc) is 2.58. The molecule has 0 aliphatic carbocycles. The first kappa shape index (κ1) is 12.5. The van der Waals surface area contributed by atoms with Gasteiger partial charge >= 0.3 is 5.97 Å². The molecule has 2 rings (SSSR count). The normalized spacial score (nSPS) is 21.1. The van der Waals surface area contributed by atoms with Crippen molar-refractivity contribution in [2.24, 2.45) is 5.73 Å². The molecular weight excluding hydrogens is 239 g/mol. The van der Waals surface area contributed by atoms with Crippen molar-refractivity contribution in [3.8, 4) is 0 Å². The van der Waals surface area contributed by atoms with E-state index in [-0.39, 0.29) is 30.5 Å². The Morgan fingerprint density at radius 2 is 2.28 bits per heavy atom. The second-order valence-electron chi connectivity index (χ2n) is 4.31. The number of likely N-dealkylation sites (tertiary alicyclic amines) is 1. The van der Waals surface area contributed by atoms with Crippen molar-refractivity contribution < 1.29 is 19.1 Å². The fraction of sp³-hybridized carbons (Fsp3) is 0.333. The van der Waals surface area contributed by atoms with E-state index < -0.39 is 17.8 Å². The average molecular weight is 252 g/mol. The first-order valence-corrected chi connectivity index (χ1v) is 5.52. The first-order chi connectivity index (χ1) is 8.49. The zero-order chi connectivity index (χ0) is 13.3. The third-order valence-corrected chi connectivity index (χ3v) is 2.90. The molecule has 1 aromatic carbocycles. The predicted octanol–water partition coefficient (Wildman–Crippen LogP) is 0.511. The summed E-state index contributed by atoms with van der Waals surface area (Å²) in [6, 6.07) is 3.70. The Hall–Kier alpha value is -1.95. The predicted molar refractivity (Wildman–Crippen MR) is 61.1 cm³/mol. The summed E-state index contributed by atoms with van der Waals surface area (Å²) in [6.45, 7) is 0.173. The molecule has 2 unspecified atom stereocenters. The van der Waals surface area contributed by atoms with Crippen molar-refractivity contribution in [2.45, 2.75) is 18.5 Å². The van der Waals surface area contributed by atoms with E-state index >= 15 is 0 Å². The molecule has 1 aliphatic heterocycles. The highest BCUT2D eigenvalue weighted by atomic mass is 19.1. The molecule has 0 aromatic heterocycles. The maximum atomic E-state index is 13.1. The number of carboxylic acids is 1. The van der Waals surface area contributed by atoms with Gasteiger partial charge in [-0.25, -0.2) is 9.18 Å². The molecule has 0 saturated carbocycles. The summed E-state index contributed by atoms with van der Waals surface area (Å²) in [5, 5.41) is 9.22. The summed E-state index contributed by atoms with van der Waals surface area (Å²) in [4.78, 5) is 24.2. The minimum absolute atomic E-state index is 0.124. The van der Waals surface area contributed by atoms with Crippen molar-refractivity contribution in [1.29, 1.82) is 0 Å². The number of nitrogens with two attached hydrogens (primary N) is 1. The van der Waals surface area contributed by atoms with Crippen LogP contribution in [-0.4, -0.2) is 34.5 Å². The molecule has 5 nitrogen and oxygen atoms in total. The van der Waals surface area contributed by atoms with Gasteiger partial charge in [0, 0.05) is 19.0 Å². The lowest BCUT2D eigenvalue weighted by atomic mass is 10.1. The minimum Gasteiger partial charge on any atom is -0.479 e. The summed E-state index contributed by atoms with van der Waals surface area (Å²) < 4.78 is 13.1. The fourth-order valence-corrected chi connectivity index (χ4v) is 2.14. The lowest BCUT2D eigenvalue weighted by Crippen LogP contribution is -2.36. The molecule has 6 heteroatoms. The Morgan fingerprint density at radius 3 is 2.78 bits per heavy atom. The van der Waals surface area contributed by atoms with E-state index in [0.29, 0.717) is 0 Å². The largest absolute Gasteiger partial charge is 0.479 e.